The molecule has 15 heavy (non-hydrogen) atoms. The summed E-state index contributed by atoms with van der Waals surface area (Å²) in [6, 6.07) is 5.74. The normalized spacial score (nSPS) is 14.1. The third-order valence-electron chi connectivity index (χ3n) is 2.59. The SMILES string of the molecule is COCC(=O)N1CCc2cccc(N)c21. The number of hydrogen-bond acceptors (Lipinski definition) is 3. The zero-order chi connectivity index (χ0) is 10.8. The van der Waals surface area contributed by atoms with E-state index in [-0.39, 0.29) is 12.5 Å². The van der Waals surface area contributed by atoms with Crippen molar-refractivity contribution in [2.24, 2.45) is 0 Å². The fourth-order valence-corrected chi connectivity index (χ4v) is 1.94. The molecule has 0 aromatic heterocycles. The number of nitrogens with two attached hydrogens (primary N) is 1. The number of benzene rings is 1. The third-order valence-corrected chi connectivity index (χ3v) is 2.59. The average molecular weight is 206 g/mol. The van der Waals surface area contributed by atoms with Crippen molar-refractivity contribution in [1.29, 1.82) is 0 Å². The molecule has 4 nitrogen and oxygen atoms in total. The van der Waals surface area contributed by atoms with E-state index in [2.05, 4.69) is 0 Å². The largest absolute Gasteiger partial charge is 0.397 e. The van der Waals surface area contributed by atoms with Crippen molar-refractivity contribution in [3.8, 4) is 0 Å². The van der Waals surface area contributed by atoms with Crippen LogP contribution in [0, 0.1) is 0 Å². The van der Waals surface area contributed by atoms with E-state index >= 15 is 0 Å². The van der Waals surface area contributed by atoms with Gasteiger partial charge in [0.1, 0.15) is 6.61 Å². The summed E-state index contributed by atoms with van der Waals surface area (Å²) >= 11 is 0. The standard InChI is InChI=1S/C11H14N2O2/c1-15-7-10(14)13-6-5-8-3-2-4-9(12)11(8)13/h2-4H,5-7,12H2,1H3. The molecule has 2 N–H and O–H groups in total. The Balaban J connectivity index is 2.31. The molecule has 1 heterocycles. The Bertz CT molecular complexity index is 390. The molecule has 80 valence electrons. The topological polar surface area (TPSA) is 55.6 Å². The van der Waals surface area contributed by atoms with Gasteiger partial charge in [0.2, 0.25) is 0 Å². The molecule has 1 aromatic carbocycles. The first kappa shape index (κ1) is 9.98. The number of rotatable bonds is 2. The molecule has 2 rings (SSSR count). The highest BCUT2D eigenvalue weighted by atomic mass is 16.5. The van der Waals surface area contributed by atoms with Crippen LogP contribution < -0.4 is 10.6 Å². The maximum Gasteiger partial charge on any atom is 0.253 e. The molecule has 0 aliphatic carbocycles. The summed E-state index contributed by atoms with van der Waals surface area (Å²) in [6.07, 6.45) is 0.871. The molecule has 0 spiro atoms. The van der Waals surface area contributed by atoms with Gasteiger partial charge in [0, 0.05) is 13.7 Å². The number of ether oxygens (including phenoxy) is 1. The molecule has 0 radical (unpaired) electrons. The van der Waals surface area contributed by atoms with E-state index in [1.54, 1.807) is 4.90 Å². The fraction of sp³-hybridized carbons (Fsp3) is 0.364. The number of para-hydroxylation sites is 1. The number of nitrogen functional groups attached to an aromatic ring is 1. The Labute approximate surface area is 88.6 Å². The van der Waals surface area contributed by atoms with Crippen LogP contribution in [0.25, 0.3) is 0 Å². The Kier molecular flexibility index (Phi) is 2.60. The van der Waals surface area contributed by atoms with E-state index in [0.717, 1.165) is 17.7 Å². The van der Waals surface area contributed by atoms with Crippen molar-refractivity contribution in [1.82, 2.24) is 0 Å². The zero-order valence-electron chi connectivity index (χ0n) is 8.69. The number of carbonyl (C=O) groups excluding carboxylic acids is 1. The summed E-state index contributed by atoms with van der Waals surface area (Å²) in [6.45, 7) is 0.805. The van der Waals surface area contributed by atoms with E-state index in [1.807, 2.05) is 18.2 Å². The Morgan fingerprint density at radius 3 is 3.13 bits per heavy atom. The van der Waals surface area contributed by atoms with Crippen LogP contribution in [-0.4, -0.2) is 26.2 Å². The molecule has 1 aliphatic heterocycles. The van der Waals surface area contributed by atoms with Crippen LogP contribution in [0.2, 0.25) is 0 Å². The second-order valence-electron chi connectivity index (χ2n) is 3.58. The molecule has 0 fully saturated rings. The number of anilines is 2. The van der Waals surface area contributed by atoms with Crippen molar-refractivity contribution < 1.29 is 9.53 Å². The van der Waals surface area contributed by atoms with Gasteiger partial charge in [-0.1, -0.05) is 12.1 Å². The highest BCUT2D eigenvalue weighted by molar-refractivity contribution is 5.99. The predicted octanol–water partition coefficient (Wildman–Crippen LogP) is 0.804. The Morgan fingerprint density at radius 2 is 2.40 bits per heavy atom. The maximum absolute atomic E-state index is 11.7. The molecule has 0 atom stereocenters. The zero-order valence-corrected chi connectivity index (χ0v) is 8.69. The number of carbonyl (C=O) groups is 1. The quantitative estimate of drug-likeness (QED) is 0.728. The van der Waals surface area contributed by atoms with Crippen molar-refractivity contribution in [2.75, 3.05) is 30.9 Å². The minimum absolute atomic E-state index is 0.0332. The molecular formula is C11H14N2O2. The van der Waals surface area contributed by atoms with E-state index in [4.69, 9.17) is 10.5 Å². The van der Waals surface area contributed by atoms with Gasteiger partial charge < -0.3 is 15.4 Å². The second kappa shape index (κ2) is 3.90. The minimum atomic E-state index is -0.0332. The van der Waals surface area contributed by atoms with Crippen LogP contribution in [0.1, 0.15) is 5.56 Å². The molecule has 0 saturated heterocycles. The first-order valence-corrected chi connectivity index (χ1v) is 4.90. The van der Waals surface area contributed by atoms with Gasteiger partial charge in [-0.25, -0.2) is 0 Å². The molecule has 1 aromatic rings. The summed E-state index contributed by atoms with van der Waals surface area (Å²) < 4.78 is 4.84. The number of methoxy groups -OCH3 is 1. The summed E-state index contributed by atoms with van der Waals surface area (Å²) in [7, 11) is 1.52. The maximum atomic E-state index is 11.7. The van der Waals surface area contributed by atoms with Crippen LogP contribution in [0.4, 0.5) is 11.4 Å². The monoisotopic (exact) mass is 206 g/mol. The van der Waals surface area contributed by atoms with Gasteiger partial charge in [-0.3, -0.25) is 4.79 Å². The first-order chi connectivity index (χ1) is 7.24. The van der Waals surface area contributed by atoms with Crippen LogP contribution in [0.15, 0.2) is 18.2 Å². The average Bonchev–Trinajstić information content (AvgIpc) is 2.63. The molecule has 4 heteroatoms. The smallest absolute Gasteiger partial charge is 0.253 e. The van der Waals surface area contributed by atoms with Crippen LogP contribution in [0.5, 0.6) is 0 Å². The summed E-state index contributed by atoms with van der Waals surface area (Å²) in [5.74, 6) is -0.0332. The number of hydrogen-bond donors (Lipinski definition) is 1. The minimum Gasteiger partial charge on any atom is -0.397 e. The van der Waals surface area contributed by atoms with E-state index in [9.17, 15) is 4.79 Å². The van der Waals surface area contributed by atoms with Crippen LogP contribution in [-0.2, 0) is 16.0 Å². The van der Waals surface area contributed by atoms with Gasteiger partial charge in [0.25, 0.3) is 5.91 Å². The Hall–Kier alpha value is -1.55. The van der Waals surface area contributed by atoms with Crippen molar-refractivity contribution >= 4 is 17.3 Å². The summed E-state index contributed by atoms with van der Waals surface area (Å²) in [5.41, 5.74) is 8.52. The van der Waals surface area contributed by atoms with Crippen molar-refractivity contribution in [2.45, 2.75) is 6.42 Å². The lowest BCUT2D eigenvalue weighted by Gasteiger charge is -2.18. The molecule has 0 saturated carbocycles. The lowest BCUT2D eigenvalue weighted by molar-refractivity contribution is -0.122. The van der Waals surface area contributed by atoms with Crippen LogP contribution in [0.3, 0.4) is 0 Å². The van der Waals surface area contributed by atoms with E-state index in [0.29, 0.717) is 12.2 Å². The Morgan fingerprint density at radius 1 is 1.60 bits per heavy atom. The van der Waals surface area contributed by atoms with Crippen LogP contribution >= 0.6 is 0 Å². The van der Waals surface area contributed by atoms with E-state index < -0.39 is 0 Å². The number of nitrogens with zero attached hydrogens (tertiary/aromatic N) is 1. The molecular weight excluding hydrogens is 192 g/mol. The summed E-state index contributed by atoms with van der Waals surface area (Å²) in [5, 5.41) is 0. The molecule has 1 aliphatic rings. The lowest BCUT2D eigenvalue weighted by atomic mass is 10.1. The number of fused-ring (bicyclic) bond motifs is 1. The highest BCUT2D eigenvalue weighted by Gasteiger charge is 2.25. The van der Waals surface area contributed by atoms with Gasteiger partial charge in [0.15, 0.2) is 0 Å². The molecule has 0 unspecified atom stereocenters. The number of amides is 1. The van der Waals surface area contributed by atoms with Gasteiger partial charge in [-0.15, -0.1) is 0 Å². The third kappa shape index (κ3) is 1.68. The molecule has 0 bridgehead atoms. The second-order valence-corrected chi connectivity index (χ2v) is 3.58. The first-order valence-electron chi connectivity index (χ1n) is 4.90. The predicted molar refractivity (Wildman–Crippen MR) is 58.8 cm³/mol. The van der Waals surface area contributed by atoms with Gasteiger partial charge in [0.05, 0.1) is 11.4 Å². The lowest BCUT2D eigenvalue weighted by Crippen LogP contribution is -2.32. The van der Waals surface area contributed by atoms with Crippen molar-refractivity contribution in [3.05, 3.63) is 23.8 Å². The van der Waals surface area contributed by atoms with Gasteiger partial charge in [-0.2, -0.15) is 0 Å². The van der Waals surface area contributed by atoms with E-state index in [1.165, 1.54) is 7.11 Å². The van der Waals surface area contributed by atoms with Gasteiger partial charge in [-0.05, 0) is 18.1 Å². The van der Waals surface area contributed by atoms with Gasteiger partial charge >= 0.3 is 0 Å². The fourth-order valence-electron chi connectivity index (χ4n) is 1.94. The van der Waals surface area contributed by atoms with Crippen molar-refractivity contribution in [3.63, 3.8) is 0 Å². The summed E-state index contributed by atoms with van der Waals surface area (Å²) in [4.78, 5) is 13.4. The molecule has 1 amide bonds. The highest BCUT2D eigenvalue weighted by Crippen LogP contribution is 2.33.